The Morgan fingerprint density at radius 1 is 1.16 bits per heavy atom. The molecule has 1 N–H and O–H groups in total. The van der Waals surface area contributed by atoms with Gasteiger partial charge in [0.1, 0.15) is 12.3 Å². The van der Waals surface area contributed by atoms with E-state index in [9.17, 15) is 5.11 Å². The average molecular weight is 354 g/mol. The third kappa shape index (κ3) is 6.31. The van der Waals surface area contributed by atoms with Crippen LogP contribution in [0.3, 0.4) is 0 Å². The van der Waals surface area contributed by atoms with Crippen molar-refractivity contribution < 1.29 is 31.7 Å². The zero-order chi connectivity index (χ0) is 25.9. The largest absolute Gasteiger partial charge is 0.493 e. The Bertz CT molecular complexity index is 977. The number of aliphatic hydroxyl groups is 1. The van der Waals surface area contributed by atoms with Crippen LogP contribution < -0.4 is 14.2 Å². The van der Waals surface area contributed by atoms with E-state index in [1.807, 2.05) is 0 Å². The molecule has 0 saturated carbocycles. The molecule has 0 spiro atoms. The summed E-state index contributed by atoms with van der Waals surface area (Å²) in [4.78, 5) is 0. The van der Waals surface area contributed by atoms with Crippen LogP contribution in [-0.4, -0.2) is 31.9 Å². The summed E-state index contributed by atoms with van der Waals surface area (Å²) in [7, 11) is -1.43. The molecule has 2 aromatic carbocycles. The Kier molecular flexibility index (Phi) is 4.01. The highest BCUT2D eigenvalue weighted by Crippen LogP contribution is 2.28. The second-order valence-electron chi connectivity index (χ2n) is 5.33. The lowest BCUT2D eigenvalue weighted by molar-refractivity contribution is 0.0976. The number of aliphatic hydroxyl groups excluding tert-OH is 1. The molecular formula is C21H28O4. The Hall–Kier alpha value is -2.20. The van der Waals surface area contributed by atoms with Crippen LogP contribution in [0.15, 0.2) is 42.5 Å². The van der Waals surface area contributed by atoms with E-state index in [4.69, 9.17) is 26.5 Å². The normalized spacial score (nSPS) is 19.4. The van der Waals surface area contributed by atoms with Crippen LogP contribution in [0.1, 0.15) is 42.6 Å². The molecule has 0 heterocycles. The van der Waals surface area contributed by atoms with Crippen LogP contribution in [0.25, 0.3) is 0 Å². The lowest BCUT2D eigenvalue weighted by atomic mass is 10.0. The minimum atomic E-state index is -2.84. The summed E-state index contributed by atoms with van der Waals surface area (Å²) in [6.07, 6.45) is -8.47. The van der Waals surface area contributed by atoms with Gasteiger partial charge in [-0.15, -0.1) is 0 Å². The molecule has 25 heavy (non-hydrogen) atoms. The molecule has 0 fully saturated rings. The molecule has 0 aliphatic rings. The molecule has 0 amide bonds. The van der Waals surface area contributed by atoms with Crippen molar-refractivity contribution in [2.75, 3.05) is 20.7 Å². The lowest BCUT2D eigenvalue weighted by Gasteiger charge is -2.13. The van der Waals surface area contributed by atoms with E-state index in [1.54, 1.807) is 19.1 Å². The second-order valence-corrected chi connectivity index (χ2v) is 5.33. The van der Waals surface area contributed by atoms with Gasteiger partial charge in [-0.05, 0) is 61.5 Å². The molecule has 2 rings (SSSR count). The molecule has 0 aliphatic carbocycles. The summed E-state index contributed by atoms with van der Waals surface area (Å²) in [5.41, 5.74) is 1.08. The molecule has 4 heteroatoms. The van der Waals surface area contributed by atoms with Crippen LogP contribution in [0.4, 0.5) is 0 Å². The fourth-order valence-electron chi connectivity index (χ4n) is 2.13. The van der Waals surface area contributed by atoms with Crippen molar-refractivity contribution in [2.24, 2.45) is 0 Å². The quantitative estimate of drug-likeness (QED) is 0.696. The summed E-state index contributed by atoms with van der Waals surface area (Å²) < 4.78 is 85.9. The summed E-state index contributed by atoms with van der Waals surface area (Å²) in [6, 6.07) is 10.6. The molecule has 0 saturated heterocycles. The molecule has 136 valence electrons. The smallest absolute Gasteiger partial charge is 0.160 e. The predicted molar refractivity (Wildman–Crippen MR) is 99.8 cm³/mol. The first-order valence-corrected chi connectivity index (χ1v) is 7.74. The van der Waals surface area contributed by atoms with Crippen molar-refractivity contribution in [3.63, 3.8) is 0 Å². The fourth-order valence-corrected chi connectivity index (χ4v) is 2.13. The maximum absolute atomic E-state index is 10.5. The highest BCUT2D eigenvalue weighted by Gasteiger charge is 2.07. The van der Waals surface area contributed by atoms with Crippen molar-refractivity contribution in [1.29, 1.82) is 0 Å². The van der Waals surface area contributed by atoms with Gasteiger partial charge in [-0.2, -0.15) is 0 Å². The van der Waals surface area contributed by atoms with E-state index in [2.05, 4.69) is 0 Å². The first-order chi connectivity index (χ1) is 15.4. The summed E-state index contributed by atoms with van der Waals surface area (Å²) in [6.45, 7) is -1.07. The predicted octanol–water partition coefficient (Wildman–Crippen LogP) is 4.16. The van der Waals surface area contributed by atoms with Gasteiger partial charge in [0, 0.05) is 5.48 Å². The van der Waals surface area contributed by atoms with Gasteiger partial charge in [-0.1, -0.05) is 24.6 Å². The van der Waals surface area contributed by atoms with E-state index in [0.717, 1.165) is 5.56 Å². The summed E-state index contributed by atoms with van der Waals surface area (Å²) in [5, 5.41) is 10.5. The maximum atomic E-state index is 10.5. The van der Waals surface area contributed by atoms with Crippen LogP contribution in [-0.2, 0) is 6.42 Å². The number of hydrogen-bond acceptors (Lipinski definition) is 4. The van der Waals surface area contributed by atoms with Crippen molar-refractivity contribution in [3.8, 4) is 17.2 Å². The number of benzene rings is 2. The number of aryl methyl sites for hydroxylation is 2. The molecule has 0 aromatic heterocycles. The zero-order valence-electron chi connectivity index (χ0n) is 23.2. The van der Waals surface area contributed by atoms with Gasteiger partial charge >= 0.3 is 0 Å². The SMILES string of the molecule is [2H]C([2H])(Cc1ccc(OC)c(OC([2H])([2H])[2H])c1)CC([2H])([2H])C(O)C([2H])([2H])Oc1cccc(C)c1. The van der Waals surface area contributed by atoms with Crippen LogP contribution >= 0.6 is 0 Å². The van der Waals surface area contributed by atoms with Crippen LogP contribution in [0.5, 0.6) is 17.2 Å². The Morgan fingerprint density at radius 2 is 2.04 bits per heavy atom. The number of hydrogen-bond donors (Lipinski definition) is 1. The van der Waals surface area contributed by atoms with Gasteiger partial charge in [0.15, 0.2) is 11.5 Å². The number of methoxy groups -OCH3 is 2. The summed E-state index contributed by atoms with van der Waals surface area (Å²) >= 11 is 0. The van der Waals surface area contributed by atoms with Gasteiger partial charge < -0.3 is 19.3 Å². The second kappa shape index (κ2) is 9.94. The molecule has 0 radical (unpaired) electrons. The van der Waals surface area contributed by atoms with E-state index < -0.39 is 38.9 Å². The van der Waals surface area contributed by atoms with Crippen molar-refractivity contribution in [3.05, 3.63) is 53.6 Å². The number of rotatable bonds is 10. The number of ether oxygens (including phenoxy) is 3. The van der Waals surface area contributed by atoms with E-state index >= 15 is 0 Å². The zero-order valence-corrected chi connectivity index (χ0v) is 14.2. The molecule has 1 unspecified atom stereocenters. The Balaban J connectivity index is 2.18. The lowest BCUT2D eigenvalue weighted by Crippen LogP contribution is -2.17. The van der Waals surface area contributed by atoms with Gasteiger partial charge in [-0.25, -0.2) is 0 Å². The highest BCUT2D eigenvalue weighted by molar-refractivity contribution is 5.42. The molecule has 2 aromatic rings. The minimum absolute atomic E-state index is 0.0999. The van der Waals surface area contributed by atoms with Crippen LogP contribution in [0, 0.1) is 6.92 Å². The molecule has 0 bridgehead atoms. The summed E-state index contributed by atoms with van der Waals surface area (Å²) in [5.74, 6) is 0.109. The molecule has 4 nitrogen and oxygen atoms in total. The standard InChI is InChI=1S/C21H28O4/c1-16-7-6-10-19(13-16)25-15-18(22)9-5-4-8-17-11-12-20(23-2)21(14-17)24-3/h6-7,10-14,18,22H,4-5,8-9,15H2,1-3H3/i3D3,4D2,9D2,15D2. The molecule has 1 atom stereocenters. The molecular weight excluding hydrogens is 316 g/mol. The van der Waals surface area contributed by atoms with Gasteiger partial charge in [0.05, 0.1) is 27.1 Å². The average Bonchev–Trinajstić information content (AvgIpc) is 2.64. The van der Waals surface area contributed by atoms with Gasteiger partial charge in [0.25, 0.3) is 0 Å². The third-order valence-electron chi connectivity index (χ3n) is 3.37. The van der Waals surface area contributed by atoms with E-state index in [0.29, 0.717) is 5.56 Å². The fraction of sp³-hybridized carbons (Fsp3) is 0.429. The topological polar surface area (TPSA) is 47.9 Å². The van der Waals surface area contributed by atoms with E-state index in [-0.39, 0.29) is 23.7 Å². The Morgan fingerprint density at radius 3 is 2.80 bits per heavy atom. The van der Waals surface area contributed by atoms with Crippen molar-refractivity contribution in [1.82, 2.24) is 0 Å². The maximum Gasteiger partial charge on any atom is 0.160 e. The van der Waals surface area contributed by atoms with Gasteiger partial charge in [-0.3, -0.25) is 0 Å². The van der Waals surface area contributed by atoms with Crippen molar-refractivity contribution in [2.45, 2.75) is 38.6 Å². The third-order valence-corrected chi connectivity index (χ3v) is 3.37. The highest BCUT2D eigenvalue weighted by atomic mass is 16.5. The molecule has 0 aliphatic heterocycles. The Labute approximate surface area is 163 Å². The minimum Gasteiger partial charge on any atom is -0.493 e. The monoisotopic (exact) mass is 353 g/mol. The van der Waals surface area contributed by atoms with Crippen molar-refractivity contribution >= 4 is 0 Å². The van der Waals surface area contributed by atoms with Crippen LogP contribution in [0.2, 0.25) is 0 Å². The first kappa shape index (κ1) is 10.1. The first-order valence-electron chi connectivity index (χ1n) is 12.2. The van der Waals surface area contributed by atoms with Gasteiger partial charge in [0.2, 0.25) is 0 Å². The van der Waals surface area contributed by atoms with E-state index in [1.165, 1.54) is 37.4 Å².